The molecule has 6 nitrogen and oxygen atoms in total. The van der Waals surface area contributed by atoms with Crippen molar-refractivity contribution in [3.8, 4) is 0 Å². The Hall–Kier alpha value is -3.15. The van der Waals surface area contributed by atoms with E-state index in [-0.39, 0.29) is 30.4 Å². The first kappa shape index (κ1) is 19.2. The van der Waals surface area contributed by atoms with Gasteiger partial charge in [0.25, 0.3) is 5.91 Å². The Balaban J connectivity index is 1.46. The summed E-state index contributed by atoms with van der Waals surface area (Å²) in [6.45, 7) is 4.08. The molecule has 29 heavy (non-hydrogen) atoms. The van der Waals surface area contributed by atoms with E-state index in [0.717, 1.165) is 18.4 Å². The molecule has 1 fully saturated rings. The molecule has 0 spiro atoms. The van der Waals surface area contributed by atoms with Crippen LogP contribution >= 0.6 is 0 Å². The molecule has 2 aromatic carbocycles. The number of aryl methyl sites for hydroxylation is 1. The summed E-state index contributed by atoms with van der Waals surface area (Å²) in [7, 11) is 0. The van der Waals surface area contributed by atoms with Crippen molar-refractivity contribution >= 4 is 17.8 Å². The van der Waals surface area contributed by atoms with Gasteiger partial charge >= 0.3 is 0 Å². The Kier molecular flexibility index (Phi) is 4.86. The van der Waals surface area contributed by atoms with Crippen LogP contribution in [0.25, 0.3) is 0 Å². The first-order valence-electron chi connectivity index (χ1n) is 9.97. The van der Waals surface area contributed by atoms with Crippen LogP contribution in [0.5, 0.6) is 0 Å². The fourth-order valence-electron chi connectivity index (χ4n) is 4.14. The Morgan fingerprint density at radius 3 is 2.83 bits per heavy atom. The second-order valence-electron chi connectivity index (χ2n) is 8.48. The Bertz CT molecular complexity index is 962. The summed E-state index contributed by atoms with van der Waals surface area (Å²) in [6, 6.07) is 15.5. The molecule has 1 saturated heterocycles. The number of nitrogens with one attached hydrogen (secondary N) is 3. The fourth-order valence-corrected chi connectivity index (χ4v) is 4.14. The third kappa shape index (κ3) is 4.01. The van der Waals surface area contributed by atoms with E-state index in [1.54, 1.807) is 12.1 Å². The molecule has 1 aliphatic heterocycles. The van der Waals surface area contributed by atoms with Crippen molar-refractivity contribution in [2.75, 3.05) is 0 Å². The van der Waals surface area contributed by atoms with Crippen molar-refractivity contribution in [3.05, 3.63) is 70.8 Å². The van der Waals surface area contributed by atoms with E-state index in [2.05, 4.69) is 22.8 Å². The predicted molar refractivity (Wildman–Crippen MR) is 112 cm³/mol. The first-order chi connectivity index (χ1) is 13.8. The molecule has 6 heteroatoms. The van der Waals surface area contributed by atoms with Gasteiger partial charge in [0.15, 0.2) is 5.96 Å². The van der Waals surface area contributed by atoms with E-state index in [1.807, 2.05) is 38.1 Å². The lowest BCUT2D eigenvalue weighted by molar-refractivity contribution is -0.130. The Morgan fingerprint density at radius 2 is 2.03 bits per heavy atom. The van der Waals surface area contributed by atoms with Gasteiger partial charge in [-0.2, -0.15) is 0 Å². The van der Waals surface area contributed by atoms with Crippen LogP contribution in [0.15, 0.2) is 48.5 Å². The van der Waals surface area contributed by atoms with E-state index in [1.165, 1.54) is 16.0 Å². The number of amides is 2. The van der Waals surface area contributed by atoms with Crippen LogP contribution in [0.1, 0.15) is 59.8 Å². The number of fused-ring (bicyclic) bond motifs is 1. The minimum absolute atomic E-state index is 0.0330. The third-order valence-corrected chi connectivity index (χ3v) is 5.59. The van der Waals surface area contributed by atoms with Gasteiger partial charge in [-0.3, -0.25) is 19.9 Å². The molecule has 1 atom stereocenters. The van der Waals surface area contributed by atoms with Crippen LogP contribution in [-0.4, -0.2) is 28.2 Å². The molecule has 3 N–H and O–H groups in total. The van der Waals surface area contributed by atoms with Crippen molar-refractivity contribution in [1.82, 2.24) is 15.5 Å². The van der Waals surface area contributed by atoms with Crippen LogP contribution in [-0.2, 0) is 17.8 Å². The molecule has 0 aromatic heterocycles. The van der Waals surface area contributed by atoms with Gasteiger partial charge in [0.1, 0.15) is 0 Å². The second kappa shape index (κ2) is 7.35. The fraction of sp³-hybridized carbons (Fsp3) is 0.348. The minimum atomic E-state index is -0.413. The summed E-state index contributed by atoms with van der Waals surface area (Å²) >= 11 is 0. The molecule has 1 aliphatic carbocycles. The highest BCUT2D eigenvalue weighted by Gasteiger charge is 2.34. The quantitative estimate of drug-likeness (QED) is 0.750. The summed E-state index contributed by atoms with van der Waals surface area (Å²) in [5.74, 6) is -0.104. The van der Waals surface area contributed by atoms with Gasteiger partial charge in [0.2, 0.25) is 5.91 Å². The zero-order chi connectivity index (χ0) is 20.6. The zero-order valence-electron chi connectivity index (χ0n) is 16.8. The topological polar surface area (TPSA) is 85.3 Å². The smallest absolute Gasteiger partial charge is 0.251 e. The number of hydrogen-bond donors (Lipinski definition) is 3. The lowest BCUT2D eigenvalue weighted by atomic mass is 9.97. The Labute approximate surface area is 170 Å². The lowest BCUT2D eigenvalue weighted by Gasteiger charge is -2.38. The maximum atomic E-state index is 12.8. The summed E-state index contributed by atoms with van der Waals surface area (Å²) < 4.78 is 0. The zero-order valence-corrected chi connectivity index (χ0v) is 16.8. The highest BCUT2D eigenvalue weighted by atomic mass is 16.2. The second-order valence-corrected chi connectivity index (χ2v) is 8.48. The van der Waals surface area contributed by atoms with Gasteiger partial charge in [-0.05, 0) is 55.5 Å². The highest BCUT2D eigenvalue weighted by molar-refractivity contribution is 5.99. The standard InChI is InChI=1S/C23H26N4O2/c1-23(2)13-20(28)27(22(24)26-23)14-15-6-5-8-17(12-15)21(29)25-19-11-10-16-7-3-4-9-18(16)19/h3-9,12,19H,10-11,13-14H2,1-2H3,(H2,24,26)(H,25,29)/t19-/m0/s1. The summed E-state index contributed by atoms with van der Waals surface area (Å²) in [4.78, 5) is 26.7. The average molecular weight is 390 g/mol. The average Bonchev–Trinajstić information content (AvgIpc) is 3.07. The van der Waals surface area contributed by atoms with Crippen molar-refractivity contribution in [1.29, 1.82) is 5.41 Å². The minimum Gasteiger partial charge on any atom is -0.351 e. The molecule has 2 aromatic rings. The molecule has 150 valence electrons. The van der Waals surface area contributed by atoms with Gasteiger partial charge < -0.3 is 10.6 Å². The van der Waals surface area contributed by atoms with E-state index in [4.69, 9.17) is 5.41 Å². The van der Waals surface area contributed by atoms with Crippen LogP contribution in [0, 0.1) is 5.41 Å². The normalized spacial score (nSPS) is 20.2. The molecular formula is C23H26N4O2. The van der Waals surface area contributed by atoms with Crippen molar-refractivity contribution < 1.29 is 9.59 Å². The van der Waals surface area contributed by atoms with Crippen LogP contribution < -0.4 is 10.6 Å². The van der Waals surface area contributed by atoms with Crippen LogP contribution in [0.4, 0.5) is 0 Å². The largest absolute Gasteiger partial charge is 0.351 e. The molecular weight excluding hydrogens is 364 g/mol. The van der Waals surface area contributed by atoms with E-state index >= 15 is 0 Å². The molecule has 4 rings (SSSR count). The van der Waals surface area contributed by atoms with Gasteiger partial charge in [0.05, 0.1) is 12.6 Å². The number of hydrogen-bond acceptors (Lipinski definition) is 3. The van der Waals surface area contributed by atoms with Gasteiger partial charge in [-0.15, -0.1) is 0 Å². The van der Waals surface area contributed by atoms with E-state index < -0.39 is 5.54 Å². The maximum Gasteiger partial charge on any atom is 0.251 e. The number of nitrogens with zero attached hydrogens (tertiary/aromatic N) is 1. The van der Waals surface area contributed by atoms with Crippen LogP contribution in [0.3, 0.4) is 0 Å². The number of guanidine groups is 1. The van der Waals surface area contributed by atoms with Crippen molar-refractivity contribution in [3.63, 3.8) is 0 Å². The predicted octanol–water partition coefficient (Wildman–Crippen LogP) is 3.14. The molecule has 2 aliphatic rings. The molecule has 0 unspecified atom stereocenters. The summed E-state index contributed by atoms with van der Waals surface area (Å²) in [5.41, 5.74) is 3.46. The van der Waals surface area contributed by atoms with E-state index in [0.29, 0.717) is 12.0 Å². The number of rotatable bonds is 4. The summed E-state index contributed by atoms with van der Waals surface area (Å²) in [5, 5.41) is 14.3. The summed E-state index contributed by atoms with van der Waals surface area (Å²) in [6.07, 6.45) is 2.21. The lowest BCUT2D eigenvalue weighted by Crippen LogP contribution is -2.59. The highest BCUT2D eigenvalue weighted by Crippen LogP contribution is 2.31. The van der Waals surface area contributed by atoms with Gasteiger partial charge in [-0.25, -0.2) is 0 Å². The monoisotopic (exact) mass is 390 g/mol. The Morgan fingerprint density at radius 1 is 1.24 bits per heavy atom. The SMILES string of the molecule is CC1(C)CC(=O)N(Cc2cccc(C(=O)N[C@H]3CCc4ccccc43)c2)C(=N)N1. The van der Waals surface area contributed by atoms with Crippen molar-refractivity contribution in [2.45, 2.75) is 51.2 Å². The van der Waals surface area contributed by atoms with Gasteiger partial charge in [0, 0.05) is 17.5 Å². The van der Waals surface area contributed by atoms with Crippen LogP contribution in [0.2, 0.25) is 0 Å². The molecule has 1 heterocycles. The third-order valence-electron chi connectivity index (χ3n) is 5.59. The molecule has 0 saturated carbocycles. The number of benzene rings is 2. The van der Waals surface area contributed by atoms with Gasteiger partial charge in [-0.1, -0.05) is 36.4 Å². The maximum absolute atomic E-state index is 12.8. The molecule has 0 bridgehead atoms. The molecule has 2 amide bonds. The number of carbonyl (C=O) groups excluding carboxylic acids is 2. The first-order valence-corrected chi connectivity index (χ1v) is 9.97. The number of carbonyl (C=O) groups is 2. The molecule has 0 radical (unpaired) electrons. The van der Waals surface area contributed by atoms with Crippen molar-refractivity contribution in [2.24, 2.45) is 0 Å². The van der Waals surface area contributed by atoms with E-state index in [9.17, 15) is 9.59 Å².